The Morgan fingerprint density at radius 3 is 2.93 bits per heavy atom. The zero-order valence-corrected chi connectivity index (χ0v) is 7.53. The van der Waals surface area contributed by atoms with Crippen molar-refractivity contribution in [2.75, 3.05) is 7.11 Å². The summed E-state index contributed by atoms with van der Waals surface area (Å²) in [6.07, 6.45) is 2.39. The van der Waals surface area contributed by atoms with Gasteiger partial charge in [0, 0.05) is 11.6 Å². The van der Waals surface area contributed by atoms with E-state index in [4.69, 9.17) is 0 Å². The fourth-order valence-corrected chi connectivity index (χ4v) is 0.892. The summed E-state index contributed by atoms with van der Waals surface area (Å²) in [5, 5.41) is 9.20. The predicted octanol–water partition coefficient (Wildman–Crippen LogP) is 1.72. The van der Waals surface area contributed by atoms with Crippen LogP contribution in [-0.4, -0.2) is 18.2 Å². The molecule has 0 bridgehead atoms. The Hall–Kier alpha value is -1.84. The van der Waals surface area contributed by atoms with Gasteiger partial charge in [0.15, 0.2) is 11.6 Å². The van der Waals surface area contributed by atoms with Gasteiger partial charge in [0.1, 0.15) is 0 Å². The molecule has 0 fully saturated rings. The van der Waals surface area contributed by atoms with Gasteiger partial charge in [-0.15, -0.1) is 0 Å². The van der Waals surface area contributed by atoms with E-state index in [2.05, 4.69) is 4.74 Å². The van der Waals surface area contributed by atoms with E-state index in [0.717, 1.165) is 12.1 Å². The van der Waals surface area contributed by atoms with Gasteiger partial charge < -0.3 is 9.84 Å². The molecule has 1 rings (SSSR count). The van der Waals surface area contributed by atoms with Crippen LogP contribution >= 0.6 is 0 Å². The van der Waals surface area contributed by atoms with Crippen molar-refractivity contribution in [1.29, 1.82) is 0 Å². The maximum absolute atomic E-state index is 12.8. The van der Waals surface area contributed by atoms with Gasteiger partial charge in [-0.05, 0) is 12.1 Å². The van der Waals surface area contributed by atoms with E-state index < -0.39 is 17.5 Å². The Morgan fingerprint density at radius 2 is 2.29 bits per heavy atom. The first-order valence-electron chi connectivity index (χ1n) is 3.88. The number of hydrogen-bond acceptors (Lipinski definition) is 3. The van der Waals surface area contributed by atoms with Gasteiger partial charge in [0.2, 0.25) is 0 Å². The van der Waals surface area contributed by atoms with Gasteiger partial charge in [-0.3, -0.25) is 0 Å². The first kappa shape index (κ1) is 10.2. The number of halogens is 1. The minimum atomic E-state index is -0.725. The highest BCUT2D eigenvalue weighted by molar-refractivity contribution is 5.87. The second-order valence-electron chi connectivity index (χ2n) is 2.53. The van der Waals surface area contributed by atoms with E-state index in [1.807, 2.05) is 0 Å². The zero-order valence-electron chi connectivity index (χ0n) is 7.53. The number of hydrogen-bond donors (Lipinski definition) is 1. The van der Waals surface area contributed by atoms with Gasteiger partial charge in [-0.25, -0.2) is 9.18 Å². The number of para-hydroxylation sites is 1. The highest BCUT2D eigenvalue weighted by Crippen LogP contribution is 2.21. The Balaban J connectivity index is 2.92. The van der Waals surface area contributed by atoms with E-state index >= 15 is 0 Å². The third-order valence-electron chi connectivity index (χ3n) is 1.62. The van der Waals surface area contributed by atoms with Crippen LogP contribution in [0.4, 0.5) is 4.39 Å². The SMILES string of the molecule is COC(=O)C=Cc1cccc(F)c1O. The molecule has 0 atom stereocenters. The lowest BCUT2D eigenvalue weighted by Gasteiger charge is -1.98. The van der Waals surface area contributed by atoms with Crippen LogP contribution in [0.1, 0.15) is 5.56 Å². The van der Waals surface area contributed by atoms with Crippen molar-refractivity contribution in [2.24, 2.45) is 0 Å². The van der Waals surface area contributed by atoms with Crippen LogP contribution in [-0.2, 0) is 9.53 Å². The largest absolute Gasteiger partial charge is 0.504 e. The fraction of sp³-hybridized carbons (Fsp3) is 0.100. The standard InChI is InChI=1S/C10H9FO3/c1-14-9(12)6-5-7-3-2-4-8(11)10(7)13/h2-6,13H,1H3. The summed E-state index contributed by atoms with van der Waals surface area (Å²) in [5.41, 5.74) is 0.232. The molecule has 14 heavy (non-hydrogen) atoms. The van der Waals surface area contributed by atoms with E-state index in [0.29, 0.717) is 0 Å². The number of ether oxygens (including phenoxy) is 1. The average molecular weight is 196 g/mol. The summed E-state index contributed by atoms with van der Waals surface area (Å²) in [6.45, 7) is 0. The van der Waals surface area contributed by atoms with Crippen LogP contribution in [0.25, 0.3) is 6.08 Å². The van der Waals surface area contributed by atoms with Crippen LogP contribution in [0, 0.1) is 5.82 Å². The molecule has 0 radical (unpaired) electrons. The molecule has 1 aromatic carbocycles. The minimum absolute atomic E-state index is 0.232. The van der Waals surface area contributed by atoms with Gasteiger partial charge in [-0.2, -0.15) is 0 Å². The van der Waals surface area contributed by atoms with Crippen molar-refractivity contribution in [1.82, 2.24) is 0 Å². The van der Waals surface area contributed by atoms with Crippen molar-refractivity contribution < 1.29 is 19.0 Å². The smallest absolute Gasteiger partial charge is 0.330 e. The zero-order chi connectivity index (χ0) is 10.6. The summed E-state index contributed by atoms with van der Waals surface area (Å²) in [6, 6.07) is 4.05. The number of phenolic OH excluding ortho intramolecular Hbond substituents is 1. The number of benzene rings is 1. The fourth-order valence-electron chi connectivity index (χ4n) is 0.892. The molecule has 4 heteroatoms. The molecule has 0 aliphatic carbocycles. The van der Waals surface area contributed by atoms with Gasteiger partial charge in [0.25, 0.3) is 0 Å². The normalized spacial score (nSPS) is 10.4. The molecule has 0 saturated carbocycles. The number of carbonyl (C=O) groups is 1. The van der Waals surface area contributed by atoms with Crippen LogP contribution < -0.4 is 0 Å². The number of phenols is 1. The molecule has 0 spiro atoms. The van der Waals surface area contributed by atoms with E-state index in [9.17, 15) is 14.3 Å². The lowest BCUT2D eigenvalue weighted by Crippen LogP contribution is -1.93. The molecule has 1 aromatic rings. The number of rotatable bonds is 2. The molecule has 0 aliphatic heterocycles. The Morgan fingerprint density at radius 1 is 1.57 bits per heavy atom. The molecular weight excluding hydrogens is 187 g/mol. The topological polar surface area (TPSA) is 46.5 Å². The van der Waals surface area contributed by atoms with E-state index in [1.165, 1.54) is 25.3 Å². The lowest BCUT2D eigenvalue weighted by atomic mass is 10.2. The highest BCUT2D eigenvalue weighted by Gasteiger charge is 2.03. The van der Waals surface area contributed by atoms with Crippen LogP contribution in [0.3, 0.4) is 0 Å². The molecule has 0 unspecified atom stereocenters. The summed E-state index contributed by atoms with van der Waals surface area (Å²) < 4.78 is 17.1. The molecule has 74 valence electrons. The number of esters is 1. The quantitative estimate of drug-likeness (QED) is 0.578. The first-order valence-corrected chi connectivity index (χ1v) is 3.88. The summed E-state index contributed by atoms with van der Waals surface area (Å²) >= 11 is 0. The Kier molecular flexibility index (Phi) is 3.23. The highest BCUT2D eigenvalue weighted by atomic mass is 19.1. The molecule has 0 saturated heterocycles. The second kappa shape index (κ2) is 4.41. The maximum Gasteiger partial charge on any atom is 0.330 e. The maximum atomic E-state index is 12.8. The number of methoxy groups -OCH3 is 1. The molecule has 0 amide bonds. The summed E-state index contributed by atoms with van der Waals surface area (Å²) in [5.74, 6) is -1.77. The van der Waals surface area contributed by atoms with Crippen molar-refractivity contribution in [2.45, 2.75) is 0 Å². The van der Waals surface area contributed by atoms with Crippen LogP contribution in [0.15, 0.2) is 24.3 Å². The Bertz CT molecular complexity index is 372. The average Bonchev–Trinajstić information content (AvgIpc) is 2.20. The molecule has 3 nitrogen and oxygen atoms in total. The molecule has 0 aliphatic rings. The third-order valence-corrected chi connectivity index (χ3v) is 1.62. The van der Waals surface area contributed by atoms with Crippen molar-refractivity contribution in [3.05, 3.63) is 35.7 Å². The van der Waals surface area contributed by atoms with E-state index in [-0.39, 0.29) is 5.56 Å². The monoisotopic (exact) mass is 196 g/mol. The second-order valence-corrected chi connectivity index (χ2v) is 2.53. The third kappa shape index (κ3) is 2.32. The first-order chi connectivity index (χ1) is 6.65. The summed E-state index contributed by atoms with van der Waals surface area (Å²) in [4.78, 5) is 10.7. The summed E-state index contributed by atoms with van der Waals surface area (Å²) in [7, 11) is 1.23. The van der Waals surface area contributed by atoms with Crippen molar-refractivity contribution in [3.63, 3.8) is 0 Å². The number of aromatic hydroxyl groups is 1. The van der Waals surface area contributed by atoms with E-state index in [1.54, 1.807) is 0 Å². The molecule has 1 N–H and O–H groups in total. The van der Waals surface area contributed by atoms with Gasteiger partial charge in [0.05, 0.1) is 7.11 Å². The van der Waals surface area contributed by atoms with Crippen molar-refractivity contribution in [3.8, 4) is 5.75 Å². The number of carbonyl (C=O) groups excluding carboxylic acids is 1. The Labute approximate surface area is 80.4 Å². The van der Waals surface area contributed by atoms with Gasteiger partial charge >= 0.3 is 5.97 Å². The predicted molar refractivity (Wildman–Crippen MR) is 49.1 cm³/mol. The van der Waals surface area contributed by atoms with Crippen LogP contribution in [0.5, 0.6) is 5.75 Å². The molecule has 0 heterocycles. The lowest BCUT2D eigenvalue weighted by molar-refractivity contribution is -0.134. The van der Waals surface area contributed by atoms with Crippen molar-refractivity contribution >= 4 is 12.0 Å². The van der Waals surface area contributed by atoms with Gasteiger partial charge in [-0.1, -0.05) is 12.1 Å². The minimum Gasteiger partial charge on any atom is -0.504 e. The molecule has 0 aromatic heterocycles. The van der Waals surface area contributed by atoms with Crippen LogP contribution in [0.2, 0.25) is 0 Å². The molecular formula is C10H9FO3.